The van der Waals surface area contributed by atoms with Gasteiger partial charge in [0.15, 0.2) is 6.79 Å². The normalized spacial score (nSPS) is 21.9. The lowest BCUT2D eigenvalue weighted by Gasteiger charge is -2.23. The van der Waals surface area contributed by atoms with E-state index in [1.165, 1.54) is 6.42 Å². The molecule has 2 nitrogen and oxygen atoms in total. The minimum absolute atomic E-state index is 0.317. The summed E-state index contributed by atoms with van der Waals surface area (Å²) in [4.78, 5) is 0. The fraction of sp³-hybridized carbons (Fsp3) is 1.00. The number of rotatable bonds is 2. The Hall–Kier alpha value is -0.0800. The maximum absolute atomic E-state index is 9.71. The molecule has 0 unspecified atom stereocenters. The van der Waals surface area contributed by atoms with Gasteiger partial charge in [-0.3, -0.25) is 0 Å². The van der Waals surface area contributed by atoms with Gasteiger partial charge in [0.1, 0.15) is 0 Å². The van der Waals surface area contributed by atoms with E-state index in [9.17, 15) is 5.11 Å². The maximum atomic E-state index is 9.71. The molecule has 0 atom stereocenters. The van der Waals surface area contributed by atoms with Gasteiger partial charge in [0.25, 0.3) is 0 Å². The van der Waals surface area contributed by atoms with Crippen molar-refractivity contribution in [3.63, 3.8) is 0 Å². The molecule has 0 N–H and O–H groups in total. The summed E-state index contributed by atoms with van der Waals surface area (Å²) in [5.41, 5.74) is 0. The van der Waals surface area contributed by atoms with Crippen molar-refractivity contribution in [1.29, 1.82) is 0 Å². The van der Waals surface area contributed by atoms with Crippen molar-refractivity contribution in [2.45, 2.75) is 25.4 Å². The highest BCUT2D eigenvalue weighted by Crippen LogP contribution is 2.20. The molecule has 7 heavy (non-hydrogen) atoms. The summed E-state index contributed by atoms with van der Waals surface area (Å²) in [7, 11) is 0. The first kappa shape index (κ1) is 5.06. The van der Waals surface area contributed by atoms with Crippen LogP contribution in [0.15, 0.2) is 0 Å². The molecule has 0 spiro atoms. The second kappa shape index (κ2) is 2.28. The van der Waals surface area contributed by atoms with Crippen LogP contribution in [0.2, 0.25) is 0 Å². The van der Waals surface area contributed by atoms with Gasteiger partial charge in [0, 0.05) is 0 Å². The molecule has 0 aromatic rings. The minimum Gasteiger partial charge on any atom is -0.349 e. The third kappa shape index (κ3) is 1.14. The molecule has 1 aliphatic carbocycles. The van der Waals surface area contributed by atoms with Crippen LogP contribution in [0.4, 0.5) is 0 Å². The minimum atomic E-state index is -0.356. The Labute approximate surface area is 43.1 Å². The monoisotopic (exact) mass is 101 g/mol. The first-order valence-corrected chi connectivity index (χ1v) is 2.63. The molecular formula is C5H9O2. The molecule has 0 aromatic carbocycles. The van der Waals surface area contributed by atoms with Crippen molar-refractivity contribution in [2.24, 2.45) is 0 Å². The topological polar surface area (TPSA) is 29.1 Å². The molecule has 0 aromatic heterocycles. The van der Waals surface area contributed by atoms with Crippen molar-refractivity contribution in [1.82, 2.24) is 0 Å². The van der Waals surface area contributed by atoms with E-state index in [1.54, 1.807) is 0 Å². The molecule has 1 saturated carbocycles. The van der Waals surface area contributed by atoms with Gasteiger partial charge in [0.05, 0.1) is 6.10 Å². The lowest BCUT2D eigenvalue weighted by atomic mass is 9.96. The van der Waals surface area contributed by atoms with Crippen LogP contribution < -0.4 is 0 Å². The standard InChI is InChI=1S/C5H9O2/c6-4-7-5-2-1-3-5/h5H,1-4H2. The van der Waals surface area contributed by atoms with Crippen molar-refractivity contribution < 1.29 is 9.84 Å². The second-order valence-corrected chi connectivity index (χ2v) is 1.84. The molecule has 0 amide bonds. The van der Waals surface area contributed by atoms with Gasteiger partial charge in [-0.1, -0.05) is 0 Å². The maximum Gasteiger partial charge on any atom is 0.181 e. The van der Waals surface area contributed by atoms with E-state index < -0.39 is 0 Å². The van der Waals surface area contributed by atoms with E-state index in [4.69, 9.17) is 4.74 Å². The SMILES string of the molecule is [O]COC1CCC1. The van der Waals surface area contributed by atoms with Crippen LogP contribution >= 0.6 is 0 Å². The number of hydrogen-bond acceptors (Lipinski definition) is 1. The average Bonchev–Trinajstić information content (AvgIpc) is 1.55. The number of ether oxygens (including phenoxy) is 1. The van der Waals surface area contributed by atoms with Gasteiger partial charge in [-0.2, -0.15) is 0 Å². The van der Waals surface area contributed by atoms with Gasteiger partial charge in [-0.15, -0.1) is 0 Å². The third-order valence-corrected chi connectivity index (χ3v) is 1.36. The van der Waals surface area contributed by atoms with Crippen molar-refractivity contribution >= 4 is 0 Å². The first-order chi connectivity index (χ1) is 3.43. The van der Waals surface area contributed by atoms with Gasteiger partial charge >= 0.3 is 0 Å². The van der Waals surface area contributed by atoms with E-state index in [0.717, 1.165) is 12.8 Å². The Morgan fingerprint density at radius 3 is 2.43 bits per heavy atom. The lowest BCUT2D eigenvalue weighted by molar-refractivity contribution is -0.107. The fourth-order valence-electron chi connectivity index (χ4n) is 0.634. The molecular weight excluding hydrogens is 92.1 g/mol. The zero-order valence-electron chi connectivity index (χ0n) is 4.22. The molecule has 1 rings (SSSR count). The van der Waals surface area contributed by atoms with E-state index in [-0.39, 0.29) is 6.79 Å². The highest BCUT2D eigenvalue weighted by molar-refractivity contribution is 4.67. The molecule has 0 bridgehead atoms. The summed E-state index contributed by atoms with van der Waals surface area (Å²) in [5.74, 6) is 0. The van der Waals surface area contributed by atoms with Crippen LogP contribution in [0.1, 0.15) is 19.3 Å². The first-order valence-electron chi connectivity index (χ1n) is 2.63. The van der Waals surface area contributed by atoms with E-state index >= 15 is 0 Å². The molecule has 0 heterocycles. The summed E-state index contributed by atoms with van der Waals surface area (Å²) >= 11 is 0. The van der Waals surface area contributed by atoms with Gasteiger partial charge in [0.2, 0.25) is 0 Å². The van der Waals surface area contributed by atoms with Crippen LogP contribution in [-0.2, 0) is 9.84 Å². The molecule has 41 valence electrons. The average molecular weight is 101 g/mol. The predicted octanol–water partition coefficient (Wildman–Crippen LogP) is 0.944. The molecule has 0 saturated heterocycles. The van der Waals surface area contributed by atoms with Gasteiger partial charge < -0.3 is 4.74 Å². The smallest absolute Gasteiger partial charge is 0.181 e. The van der Waals surface area contributed by atoms with E-state index in [2.05, 4.69) is 0 Å². The van der Waals surface area contributed by atoms with Crippen molar-refractivity contribution in [2.75, 3.05) is 6.79 Å². The fourth-order valence-corrected chi connectivity index (χ4v) is 0.634. The largest absolute Gasteiger partial charge is 0.349 e. The van der Waals surface area contributed by atoms with E-state index in [1.807, 2.05) is 0 Å². The molecule has 1 radical (unpaired) electrons. The quantitative estimate of drug-likeness (QED) is 0.476. The van der Waals surface area contributed by atoms with Gasteiger partial charge in [-0.05, 0) is 19.3 Å². The molecule has 0 aliphatic heterocycles. The Kier molecular flexibility index (Phi) is 1.65. The lowest BCUT2D eigenvalue weighted by Crippen LogP contribution is -2.21. The summed E-state index contributed by atoms with van der Waals surface area (Å²) in [6, 6.07) is 0. The van der Waals surface area contributed by atoms with E-state index in [0.29, 0.717) is 6.10 Å². The predicted molar refractivity (Wildman–Crippen MR) is 24.3 cm³/mol. The Balaban J connectivity index is 1.93. The molecule has 1 aliphatic rings. The van der Waals surface area contributed by atoms with Gasteiger partial charge in [-0.25, -0.2) is 5.11 Å². The van der Waals surface area contributed by atoms with Crippen molar-refractivity contribution in [3.8, 4) is 0 Å². The Morgan fingerprint density at radius 2 is 2.29 bits per heavy atom. The summed E-state index contributed by atoms with van der Waals surface area (Å²) in [6.45, 7) is -0.356. The summed E-state index contributed by atoms with van der Waals surface area (Å²) in [6.07, 6.45) is 3.76. The molecule has 1 fully saturated rings. The van der Waals surface area contributed by atoms with Crippen LogP contribution in [0.3, 0.4) is 0 Å². The Bertz CT molecular complexity index is 50.0. The third-order valence-electron chi connectivity index (χ3n) is 1.36. The van der Waals surface area contributed by atoms with Crippen molar-refractivity contribution in [3.05, 3.63) is 0 Å². The zero-order valence-corrected chi connectivity index (χ0v) is 4.22. The Morgan fingerprint density at radius 1 is 1.57 bits per heavy atom. The number of hydrogen-bond donors (Lipinski definition) is 0. The molecule has 2 heteroatoms. The highest BCUT2D eigenvalue weighted by Gasteiger charge is 2.16. The van der Waals surface area contributed by atoms with Crippen LogP contribution in [-0.4, -0.2) is 12.9 Å². The summed E-state index contributed by atoms with van der Waals surface area (Å²) < 4.78 is 4.72. The highest BCUT2D eigenvalue weighted by atomic mass is 16.6. The van der Waals surface area contributed by atoms with Crippen LogP contribution in [0, 0.1) is 0 Å². The van der Waals surface area contributed by atoms with Crippen LogP contribution in [0.25, 0.3) is 0 Å². The van der Waals surface area contributed by atoms with Crippen LogP contribution in [0.5, 0.6) is 0 Å². The summed E-state index contributed by atoms with van der Waals surface area (Å²) in [5, 5.41) is 9.71. The second-order valence-electron chi connectivity index (χ2n) is 1.84. The zero-order chi connectivity index (χ0) is 5.11.